The van der Waals surface area contributed by atoms with Crippen molar-refractivity contribution in [3.05, 3.63) is 49.8 Å². The Morgan fingerprint density at radius 2 is 2.24 bits per heavy atom. The van der Waals surface area contributed by atoms with Gasteiger partial charge in [-0.25, -0.2) is 9.37 Å². The lowest BCUT2D eigenvalue weighted by molar-refractivity contribution is 0.619. The number of aryl methyl sites for hydroxylation is 1. The van der Waals surface area contributed by atoms with Crippen molar-refractivity contribution in [3.8, 4) is 0 Å². The molecule has 1 heterocycles. The number of benzene rings is 1. The highest BCUT2D eigenvalue weighted by atomic mass is 127. The predicted octanol–water partition coefficient (Wildman–Crippen LogP) is 2.57. The van der Waals surface area contributed by atoms with Crippen molar-refractivity contribution >= 4 is 34.1 Å². The van der Waals surface area contributed by atoms with E-state index in [4.69, 9.17) is 0 Å². The Morgan fingerprint density at radius 1 is 1.47 bits per heavy atom. The first-order valence-electron chi connectivity index (χ1n) is 4.84. The normalized spacial score (nSPS) is 10.3. The van der Waals surface area contributed by atoms with Gasteiger partial charge < -0.3 is 10.3 Å². The number of hydrogen-bond acceptors (Lipinski definition) is 3. The molecule has 0 amide bonds. The number of halogens is 2. The smallest absolute Gasteiger partial charge is 0.266 e. The van der Waals surface area contributed by atoms with Crippen LogP contribution in [0.15, 0.2) is 29.3 Å². The molecule has 0 aliphatic rings. The second-order valence-corrected chi connectivity index (χ2v) is 4.56. The molecule has 0 saturated heterocycles. The topological polar surface area (TPSA) is 57.8 Å². The average molecular weight is 345 g/mol. The fourth-order valence-electron chi connectivity index (χ4n) is 1.28. The van der Waals surface area contributed by atoms with E-state index >= 15 is 0 Å². The summed E-state index contributed by atoms with van der Waals surface area (Å²) in [6, 6.07) is 4.77. The molecule has 17 heavy (non-hydrogen) atoms. The van der Waals surface area contributed by atoms with Crippen molar-refractivity contribution in [2.45, 2.75) is 6.92 Å². The van der Waals surface area contributed by atoms with Gasteiger partial charge in [0.2, 0.25) is 0 Å². The first-order valence-corrected chi connectivity index (χ1v) is 5.92. The van der Waals surface area contributed by atoms with Crippen LogP contribution in [0.1, 0.15) is 5.56 Å². The zero-order chi connectivity index (χ0) is 12.4. The first-order chi connectivity index (χ1) is 8.08. The number of H-pyrrole nitrogens is 1. The van der Waals surface area contributed by atoms with Crippen LogP contribution in [-0.4, -0.2) is 9.97 Å². The SMILES string of the molecule is Cc1ccc(Nc2nc[nH]c(=O)c2I)cc1F. The summed E-state index contributed by atoms with van der Waals surface area (Å²) >= 11 is 1.88. The highest BCUT2D eigenvalue weighted by molar-refractivity contribution is 14.1. The predicted molar refractivity (Wildman–Crippen MR) is 72.0 cm³/mol. The van der Waals surface area contributed by atoms with E-state index in [9.17, 15) is 9.18 Å². The van der Waals surface area contributed by atoms with Gasteiger partial charge in [-0.2, -0.15) is 0 Å². The van der Waals surface area contributed by atoms with Crippen molar-refractivity contribution in [1.82, 2.24) is 9.97 Å². The zero-order valence-electron chi connectivity index (χ0n) is 8.92. The molecular formula is C11H9FIN3O. The van der Waals surface area contributed by atoms with E-state index in [0.29, 0.717) is 20.6 Å². The van der Waals surface area contributed by atoms with E-state index in [-0.39, 0.29) is 11.4 Å². The largest absolute Gasteiger partial charge is 0.339 e. The van der Waals surface area contributed by atoms with E-state index in [1.165, 1.54) is 12.4 Å². The molecule has 2 rings (SSSR count). The Hall–Kier alpha value is -1.44. The highest BCUT2D eigenvalue weighted by Crippen LogP contribution is 2.19. The Labute approximate surface area is 110 Å². The van der Waals surface area contributed by atoms with Gasteiger partial charge in [-0.1, -0.05) is 6.07 Å². The number of aromatic nitrogens is 2. The Bertz CT molecular complexity index is 612. The van der Waals surface area contributed by atoms with Crippen LogP contribution >= 0.6 is 22.6 Å². The third-order valence-corrected chi connectivity index (χ3v) is 3.23. The fraction of sp³-hybridized carbons (Fsp3) is 0.0909. The molecule has 88 valence electrons. The fourth-order valence-corrected chi connectivity index (χ4v) is 1.71. The molecule has 1 aromatic carbocycles. The summed E-state index contributed by atoms with van der Waals surface area (Å²) in [5, 5.41) is 2.90. The molecular weight excluding hydrogens is 336 g/mol. The number of aromatic amines is 1. The van der Waals surface area contributed by atoms with Gasteiger partial charge >= 0.3 is 0 Å². The molecule has 4 nitrogen and oxygen atoms in total. The van der Waals surface area contributed by atoms with Gasteiger partial charge in [0.1, 0.15) is 9.39 Å². The number of hydrogen-bond donors (Lipinski definition) is 2. The van der Waals surface area contributed by atoms with Crippen LogP contribution in [0.4, 0.5) is 15.9 Å². The van der Waals surface area contributed by atoms with E-state index in [2.05, 4.69) is 15.3 Å². The molecule has 0 spiro atoms. The maximum atomic E-state index is 13.3. The van der Waals surface area contributed by atoms with E-state index in [1.54, 1.807) is 19.1 Å². The monoisotopic (exact) mass is 345 g/mol. The van der Waals surface area contributed by atoms with Gasteiger partial charge in [0.15, 0.2) is 5.82 Å². The summed E-state index contributed by atoms with van der Waals surface area (Å²) in [7, 11) is 0. The molecule has 2 aromatic rings. The molecule has 6 heteroatoms. The average Bonchev–Trinajstić information content (AvgIpc) is 2.30. The van der Waals surface area contributed by atoms with Crippen molar-refractivity contribution in [2.75, 3.05) is 5.32 Å². The van der Waals surface area contributed by atoms with Crippen LogP contribution < -0.4 is 10.9 Å². The molecule has 0 bridgehead atoms. The summed E-state index contributed by atoms with van der Waals surface area (Å²) in [6.45, 7) is 1.69. The lowest BCUT2D eigenvalue weighted by Crippen LogP contribution is -2.12. The van der Waals surface area contributed by atoms with Crippen LogP contribution in [0, 0.1) is 16.3 Å². The van der Waals surface area contributed by atoms with Crippen molar-refractivity contribution in [2.24, 2.45) is 0 Å². The Balaban J connectivity index is 2.35. The number of nitrogens with one attached hydrogen (secondary N) is 2. The summed E-state index contributed by atoms with van der Waals surface area (Å²) < 4.78 is 13.8. The summed E-state index contributed by atoms with van der Waals surface area (Å²) in [6.07, 6.45) is 1.30. The molecule has 0 radical (unpaired) electrons. The lowest BCUT2D eigenvalue weighted by atomic mass is 10.2. The molecule has 1 aromatic heterocycles. The van der Waals surface area contributed by atoms with Crippen LogP contribution in [0.5, 0.6) is 0 Å². The number of nitrogens with zero attached hydrogens (tertiary/aromatic N) is 1. The highest BCUT2D eigenvalue weighted by Gasteiger charge is 2.06. The molecule has 0 atom stereocenters. The quantitative estimate of drug-likeness (QED) is 0.823. The minimum atomic E-state index is -0.296. The number of anilines is 2. The van der Waals surface area contributed by atoms with E-state index in [1.807, 2.05) is 22.6 Å². The minimum Gasteiger partial charge on any atom is -0.339 e. The van der Waals surface area contributed by atoms with Gasteiger partial charge in [-0.05, 0) is 47.2 Å². The van der Waals surface area contributed by atoms with Crippen LogP contribution in [-0.2, 0) is 0 Å². The lowest BCUT2D eigenvalue weighted by Gasteiger charge is -2.07. The van der Waals surface area contributed by atoms with Gasteiger partial charge in [0.05, 0.1) is 6.33 Å². The van der Waals surface area contributed by atoms with Gasteiger partial charge in [0.25, 0.3) is 5.56 Å². The van der Waals surface area contributed by atoms with Crippen LogP contribution in [0.3, 0.4) is 0 Å². The molecule has 2 N–H and O–H groups in total. The van der Waals surface area contributed by atoms with Crippen LogP contribution in [0.2, 0.25) is 0 Å². The maximum absolute atomic E-state index is 13.3. The molecule has 0 unspecified atom stereocenters. The molecule has 0 aliphatic heterocycles. The van der Waals surface area contributed by atoms with Crippen molar-refractivity contribution in [3.63, 3.8) is 0 Å². The molecule has 0 saturated carbocycles. The van der Waals surface area contributed by atoms with Crippen molar-refractivity contribution < 1.29 is 4.39 Å². The second kappa shape index (κ2) is 4.82. The Morgan fingerprint density at radius 3 is 2.94 bits per heavy atom. The van der Waals surface area contributed by atoms with Gasteiger partial charge in [-0.15, -0.1) is 0 Å². The molecule has 0 fully saturated rings. The molecule has 0 aliphatic carbocycles. The van der Waals surface area contributed by atoms with Gasteiger partial charge in [0, 0.05) is 5.69 Å². The van der Waals surface area contributed by atoms with Crippen LogP contribution in [0.25, 0.3) is 0 Å². The summed E-state index contributed by atoms with van der Waals surface area (Å²) in [4.78, 5) is 17.8. The van der Waals surface area contributed by atoms with E-state index in [0.717, 1.165) is 0 Å². The first kappa shape index (κ1) is 12.0. The standard InChI is InChI=1S/C11H9FIN3O/c1-6-2-3-7(4-8(6)12)16-10-9(13)11(17)15-5-14-10/h2-5H,1H3,(H2,14,15,16,17). The third kappa shape index (κ3) is 2.63. The minimum absolute atomic E-state index is 0.226. The summed E-state index contributed by atoms with van der Waals surface area (Å²) in [5.74, 6) is 0.118. The zero-order valence-corrected chi connectivity index (χ0v) is 11.1. The van der Waals surface area contributed by atoms with Gasteiger partial charge in [-0.3, -0.25) is 4.79 Å². The third-order valence-electron chi connectivity index (χ3n) is 2.23. The number of rotatable bonds is 2. The van der Waals surface area contributed by atoms with Crippen molar-refractivity contribution in [1.29, 1.82) is 0 Å². The summed E-state index contributed by atoms with van der Waals surface area (Å²) in [5.41, 5.74) is 0.906. The second-order valence-electron chi connectivity index (χ2n) is 3.48. The maximum Gasteiger partial charge on any atom is 0.266 e. The Kier molecular flexibility index (Phi) is 3.41. The van der Waals surface area contributed by atoms with E-state index < -0.39 is 0 Å².